The van der Waals surface area contributed by atoms with Gasteiger partial charge in [-0.25, -0.2) is 0 Å². The van der Waals surface area contributed by atoms with Gasteiger partial charge in [-0.1, -0.05) is 0 Å². The van der Waals surface area contributed by atoms with Crippen molar-refractivity contribution in [3.8, 4) is 0 Å². The Bertz CT molecular complexity index is 8.00. The van der Waals surface area contributed by atoms with E-state index in [4.69, 9.17) is 3.78 Å². The first-order valence-electron chi connectivity index (χ1n) is 0.204. The van der Waals surface area contributed by atoms with E-state index in [-0.39, 0.29) is 41.9 Å². The van der Waals surface area contributed by atoms with E-state index in [0.717, 1.165) is 16.5 Å². The van der Waals surface area contributed by atoms with E-state index in [2.05, 4.69) is 0 Å². The van der Waals surface area contributed by atoms with Crippen LogP contribution in [0, 0.1) is 0 Å². The van der Waals surface area contributed by atoms with Gasteiger partial charge in [0, 0.05) is 41.9 Å². The second-order valence-corrected chi connectivity index (χ2v) is 0. The van der Waals surface area contributed by atoms with Crippen LogP contribution in [-0.4, -0.2) is 58.4 Å². The monoisotopic (exact) mass is 121 g/mol. The zero-order valence-electron chi connectivity index (χ0n) is 2.62. The molecule has 0 amide bonds. The molecule has 13 valence electrons. The number of hydrogen-bond donors (Lipinski definition) is 0. The van der Waals surface area contributed by atoms with Crippen molar-refractivity contribution in [2.75, 3.05) is 0 Å². The SMILES string of the molecule is [Li].[Mg].[O]=[Ge]. The topological polar surface area (TPSA) is 17.1 Å². The van der Waals surface area contributed by atoms with Gasteiger partial charge in [0.15, 0.2) is 0 Å². The van der Waals surface area contributed by atoms with Gasteiger partial charge in [0.25, 0.3) is 0 Å². The molecule has 0 heterocycles. The second-order valence-electron chi connectivity index (χ2n) is 0. The summed E-state index contributed by atoms with van der Waals surface area (Å²) in [6.07, 6.45) is 0. The fourth-order valence-corrected chi connectivity index (χ4v) is 0. The van der Waals surface area contributed by atoms with Crippen LogP contribution in [0.4, 0.5) is 0 Å². The molecule has 0 N–H and O–H groups in total. The van der Waals surface area contributed by atoms with Crippen LogP contribution in [0.15, 0.2) is 0 Å². The van der Waals surface area contributed by atoms with Gasteiger partial charge in [0.05, 0.1) is 0 Å². The Kier molecular flexibility index (Phi) is 95.8. The average molecular weight is 120 g/mol. The Morgan fingerprint density at radius 2 is 1.25 bits per heavy atom. The third-order valence-electron chi connectivity index (χ3n) is 0. The van der Waals surface area contributed by atoms with Gasteiger partial charge in [-0.05, 0) is 0 Å². The van der Waals surface area contributed by atoms with Gasteiger partial charge >= 0.3 is 20.2 Å². The summed E-state index contributed by atoms with van der Waals surface area (Å²) in [5.74, 6) is 0. The second kappa shape index (κ2) is 22.2. The quantitative estimate of drug-likeness (QED) is 0.364. The first-order valence-corrected chi connectivity index (χ1v) is 1.06. The van der Waals surface area contributed by atoms with E-state index in [1.165, 1.54) is 0 Å². The molecule has 0 aromatic heterocycles. The molecule has 0 spiro atoms. The minimum atomic E-state index is 0. The zero-order valence-corrected chi connectivity index (χ0v) is 6.13. The summed E-state index contributed by atoms with van der Waals surface area (Å²) in [4.78, 5) is 0. The molecule has 1 nitrogen and oxygen atoms in total. The van der Waals surface area contributed by atoms with Crippen LogP contribution in [0.2, 0.25) is 0 Å². The molecule has 0 atom stereocenters. The Labute approximate surface area is 61.7 Å². The normalized spacial score (nSPS) is 1.00. The third kappa shape index (κ3) is 9.32. The summed E-state index contributed by atoms with van der Waals surface area (Å²) in [6.45, 7) is 0. The van der Waals surface area contributed by atoms with E-state index in [1.807, 2.05) is 0 Å². The predicted molar refractivity (Wildman–Crippen MR) is 17.9 cm³/mol. The van der Waals surface area contributed by atoms with Crippen molar-refractivity contribution in [2.45, 2.75) is 0 Å². The summed E-state index contributed by atoms with van der Waals surface area (Å²) >= 11 is 0.750. The summed E-state index contributed by atoms with van der Waals surface area (Å²) in [7, 11) is 0. The fraction of sp³-hybridized carbons (Fsp3) is 0. The van der Waals surface area contributed by atoms with Crippen LogP contribution < -0.4 is 0 Å². The minimum absolute atomic E-state index is 0. The van der Waals surface area contributed by atoms with E-state index in [1.54, 1.807) is 0 Å². The Hall–Kier alpha value is 1.71. The van der Waals surface area contributed by atoms with Gasteiger partial charge in [-0.15, -0.1) is 0 Å². The van der Waals surface area contributed by atoms with Crippen molar-refractivity contribution in [2.24, 2.45) is 0 Å². The fourth-order valence-electron chi connectivity index (χ4n) is 0. The van der Waals surface area contributed by atoms with Crippen molar-refractivity contribution in [3.05, 3.63) is 0 Å². The van der Waals surface area contributed by atoms with E-state index >= 15 is 0 Å². The van der Waals surface area contributed by atoms with Gasteiger partial charge in [0.1, 0.15) is 0 Å². The molecule has 0 aliphatic heterocycles. The van der Waals surface area contributed by atoms with Crippen LogP contribution >= 0.6 is 0 Å². The standard InChI is InChI=1S/GeO.Li.Mg/c1-2;;. The summed E-state index contributed by atoms with van der Waals surface area (Å²) in [6, 6.07) is 0. The van der Waals surface area contributed by atoms with Crippen molar-refractivity contribution in [1.82, 2.24) is 0 Å². The van der Waals surface area contributed by atoms with Crippen LogP contribution in [0.5, 0.6) is 0 Å². The first kappa shape index (κ1) is 17.3. The third-order valence-corrected chi connectivity index (χ3v) is 0. The molecule has 0 rings (SSSR count). The molecule has 0 bridgehead atoms. The van der Waals surface area contributed by atoms with Crippen LogP contribution in [0.3, 0.4) is 0 Å². The molecule has 0 aliphatic carbocycles. The maximum atomic E-state index is 8.25. The van der Waals surface area contributed by atoms with Crippen LogP contribution in [0.25, 0.3) is 0 Å². The number of rotatable bonds is 0. The Morgan fingerprint density at radius 3 is 1.25 bits per heavy atom. The molecular formula is GeLiMgO. The average Bonchev–Trinajstić information content (AvgIpc) is 1.00. The molecule has 4 heavy (non-hydrogen) atoms. The molecule has 4 heteroatoms. The Balaban J connectivity index is -0.00000000500. The van der Waals surface area contributed by atoms with E-state index in [0.29, 0.717) is 0 Å². The Morgan fingerprint density at radius 1 is 1.25 bits per heavy atom. The molecule has 0 aliphatic rings. The molecule has 0 saturated heterocycles. The van der Waals surface area contributed by atoms with Gasteiger partial charge in [-0.3, -0.25) is 0 Å². The molecule has 0 saturated carbocycles. The maximum absolute atomic E-state index is 8.25. The van der Waals surface area contributed by atoms with Crippen LogP contribution in [-0.2, 0) is 3.78 Å². The summed E-state index contributed by atoms with van der Waals surface area (Å²) in [5.41, 5.74) is 0. The molecule has 0 aromatic carbocycles. The molecule has 0 aromatic rings. The first-order chi connectivity index (χ1) is 1.00. The number of hydrogen-bond acceptors (Lipinski definition) is 1. The van der Waals surface area contributed by atoms with Crippen molar-refractivity contribution < 1.29 is 3.78 Å². The van der Waals surface area contributed by atoms with Gasteiger partial charge in [0.2, 0.25) is 0 Å². The van der Waals surface area contributed by atoms with E-state index < -0.39 is 0 Å². The molecule has 0 fully saturated rings. The predicted octanol–water partition coefficient (Wildman–Crippen LogP) is -1.26. The zero-order chi connectivity index (χ0) is 2.00. The summed E-state index contributed by atoms with van der Waals surface area (Å²) < 4.78 is 8.25. The van der Waals surface area contributed by atoms with Gasteiger partial charge < -0.3 is 0 Å². The molecule has 5 radical (unpaired) electrons. The van der Waals surface area contributed by atoms with Crippen molar-refractivity contribution in [3.63, 3.8) is 0 Å². The van der Waals surface area contributed by atoms with Crippen LogP contribution in [0.1, 0.15) is 0 Å². The molecule has 0 unspecified atom stereocenters. The molecular weight excluding hydrogens is 120 g/mol. The van der Waals surface area contributed by atoms with Gasteiger partial charge in [-0.2, -0.15) is 0 Å². The van der Waals surface area contributed by atoms with Crippen molar-refractivity contribution in [1.29, 1.82) is 0 Å². The summed E-state index contributed by atoms with van der Waals surface area (Å²) in [5, 5.41) is 0. The van der Waals surface area contributed by atoms with Crippen molar-refractivity contribution >= 4 is 58.4 Å². The van der Waals surface area contributed by atoms with E-state index in [9.17, 15) is 0 Å².